The lowest BCUT2D eigenvalue weighted by Gasteiger charge is -2.20. The highest BCUT2D eigenvalue weighted by molar-refractivity contribution is 5.79. The van der Waals surface area contributed by atoms with Gasteiger partial charge in [0.2, 0.25) is 0 Å². The summed E-state index contributed by atoms with van der Waals surface area (Å²) in [5.41, 5.74) is -0.775. The Balaban J connectivity index is 2.72. The van der Waals surface area contributed by atoms with Crippen LogP contribution in [0.1, 0.15) is 19.4 Å². The number of ether oxygens (including phenoxy) is 1. The molecule has 4 heteroatoms. The molecule has 1 rings (SSSR count). The fraction of sp³-hybridized carbons (Fsp3) is 0.417. The molecule has 4 nitrogen and oxygen atoms in total. The second kappa shape index (κ2) is 4.99. The van der Waals surface area contributed by atoms with E-state index in [0.717, 1.165) is 5.56 Å². The van der Waals surface area contributed by atoms with Crippen molar-refractivity contribution in [2.75, 3.05) is 6.61 Å². The second-order valence-electron chi connectivity index (χ2n) is 3.84. The predicted molar refractivity (Wildman–Crippen MR) is 59.1 cm³/mol. The Kier molecular flexibility index (Phi) is 3.90. The molecule has 0 saturated carbocycles. The van der Waals surface area contributed by atoms with Crippen LogP contribution >= 0.6 is 0 Å². The molecule has 1 unspecified atom stereocenters. The van der Waals surface area contributed by atoms with E-state index in [1.165, 1.54) is 19.1 Å². The SMILES string of the molecule is CCOC(=O)C(C)(O)Cc1ccc(O)cc1. The van der Waals surface area contributed by atoms with Gasteiger partial charge in [-0.05, 0) is 31.5 Å². The van der Waals surface area contributed by atoms with Crippen LogP contribution in [0.15, 0.2) is 24.3 Å². The van der Waals surface area contributed by atoms with Crippen LogP contribution in [-0.4, -0.2) is 28.4 Å². The first-order valence-corrected chi connectivity index (χ1v) is 5.13. The molecule has 1 aromatic rings. The summed E-state index contributed by atoms with van der Waals surface area (Å²) in [4.78, 5) is 11.4. The highest BCUT2D eigenvalue weighted by Gasteiger charge is 2.31. The maximum absolute atomic E-state index is 11.4. The molecule has 0 heterocycles. The van der Waals surface area contributed by atoms with Crippen molar-refractivity contribution in [1.82, 2.24) is 0 Å². The molecular weight excluding hydrogens is 208 g/mol. The number of aliphatic hydroxyl groups is 1. The fourth-order valence-corrected chi connectivity index (χ4v) is 1.37. The number of carbonyl (C=O) groups excluding carboxylic acids is 1. The lowest BCUT2D eigenvalue weighted by atomic mass is 9.97. The number of carbonyl (C=O) groups is 1. The first-order chi connectivity index (χ1) is 7.45. The molecule has 0 radical (unpaired) electrons. The Labute approximate surface area is 94.5 Å². The van der Waals surface area contributed by atoms with E-state index in [2.05, 4.69) is 0 Å². The topological polar surface area (TPSA) is 66.8 Å². The van der Waals surface area contributed by atoms with Gasteiger partial charge < -0.3 is 14.9 Å². The molecular formula is C12H16O4. The van der Waals surface area contributed by atoms with Gasteiger partial charge in [-0.2, -0.15) is 0 Å². The van der Waals surface area contributed by atoms with Crippen LogP contribution in [0.25, 0.3) is 0 Å². The smallest absolute Gasteiger partial charge is 0.338 e. The van der Waals surface area contributed by atoms with E-state index in [4.69, 9.17) is 9.84 Å². The second-order valence-corrected chi connectivity index (χ2v) is 3.84. The van der Waals surface area contributed by atoms with E-state index >= 15 is 0 Å². The number of rotatable bonds is 4. The first-order valence-electron chi connectivity index (χ1n) is 5.13. The van der Waals surface area contributed by atoms with E-state index in [9.17, 15) is 9.90 Å². The summed E-state index contributed by atoms with van der Waals surface area (Å²) in [5, 5.41) is 19.0. The molecule has 0 aliphatic carbocycles. The van der Waals surface area contributed by atoms with Crippen LogP contribution in [0.5, 0.6) is 5.75 Å². The van der Waals surface area contributed by atoms with Crippen LogP contribution in [0.3, 0.4) is 0 Å². The zero-order valence-corrected chi connectivity index (χ0v) is 9.43. The highest BCUT2D eigenvalue weighted by Crippen LogP contribution is 2.17. The third kappa shape index (κ3) is 3.24. The molecule has 0 aliphatic heterocycles. The lowest BCUT2D eigenvalue weighted by Crippen LogP contribution is -2.39. The van der Waals surface area contributed by atoms with Crippen LogP contribution in [0.2, 0.25) is 0 Å². The van der Waals surface area contributed by atoms with E-state index in [0.29, 0.717) is 0 Å². The Hall–Kier alpha value is -1.55. The van der Waals surface area contributed by atoms with Gasteiger partial charge in [-0.3, -0.25) is 0 Å². The molecule has 0 saturated heterocycles. The molecule has 16 heavy (non-hydrogen) atoms. The normalized spacial score (nSPS) is 14.2. The van der Waals surface area contributed by atoms with E-state index < -0.39 is 11.6 Å². The number of benzene rings is 1. The molecule has 1 aromatic carbocycles. The van der Waals surface area contributed by atoms with Gasteiger partial charge in [0.15, 0.2) is 5.60 Å². The zero-order valence-electron chi connectivity index (χ0n) is 9.43. The number of phenolic OH excluding ortho intramolecular Hbond substituents is 1. The standard InChI is InChI=1S/C12H16O4/c1-3-16-11(14)12(2,15)8-9-4-6-10(13)7-5-9/h4-7,13,15H,3,8H2,1-2H3. The summed E-state index contributed by atoms with van der Waals surface area (Å²) < 4.78 is 4.76. The maximum Gasteiger partial charge on any atom is 0.338 e. The van der Waals surface area contributed by atoms with Crippen LogP contribution in [0, 0.1) is 0 Å². The summed E-state index contributed by atoms with van der Waals surface area (Å²) in [5.74, 6) is -0.484. The van der Waals surface area contributed by atoms with Crippen molar-refractivity contribution in [3.8, 4) is 5.75 Å². The Morgan fingerprint density at radius 3 is 2.44 bits per heavy atom. The number of hydrogen-bond acceptors (Lipinski definition) is 4. The highest BCUT2D eigenvalue weighted by atomic mass is 16.5. The predicted octanol–water partition coefficient (Wildman–Crippen LogP) is 1.25. The van der Waals surface area contributed by atoms with Crippen molar-refractivity contribution in [1.29, 1.82) is 0 Å². The van der Waals surface area contributed by atoms with Crippen molar-refractivity contribution in [3.05, 3.63) is 29.8 Å². The van der Waals surface area contributed by atoms with Gasteiger partial charge in [-0.1, -0.05) is 12.1 Å². The minimum Gasteiger partial charge on any atom is -0.508 e. The van der Waals surface area contributed by atoms with Gasteiger partial charge in [0.1, 0.15) is 5.75 Å². The van der Waals surface area contributed by atoms with Gasteiger partial charge in [0.25, 0.3) is 0 Å². The van der Waals surface area contributed by atoms with E-state index in [1.54, 1.807) is 19.1 Å². The van der Waals surface area contributed by atoms with Crippen LogP contribution in [-0.2, 0) is 16.0 Å². The average Bonchev–Trinajstić information content (AvgIpc) is 2.21. The maximum atomic E-state index is 11.4. The summed E-state index contributed by atoms with van der Waals surface area (Å²) in [7, 11) is 0. The third-order valence-corrected chi connectivity index (χ3v) is 2.20. The lowest BCUT2D eigenvalue weighted by molar-refractivity contribution is -0.162. The Morgan fingerprint density at radius 1 is 1.38 bits per heavy atom. The average molecular weight is 224 g/mol. The van der Waals surface area contributed by atoms with Gasteiger partial charge in [-0.15, -0.1) is 0 Å². The zero-order chi connectivity index (χ0) is 12.2. The van der Waals surface area contributed by atoms with Crippen molar-refractivity contribution in [2.24, 2.45) is 0 Å². The fourth-order valence-electron chi connectivity index (χ4n) is 1.37. The van der Waals surface area contributed by atoms with Crippen molar-refractivity contribution in [3.63, 3.8) is 0 Å². The van der Waals surface area contributed by atoms with E-state index in [-0.39, 0.29) is 18.8 Å². The molecule has 1 atom stereocenters. The summed E-state index contributed by atoms with van der Waals surface area (Å²) in [6.45, 7) is 3.34. The minimum atomic E-state index is -1.53. The third-order valence-electron chi connectivity index (χ3n) is 2.20. The number of aromatic hydroxyl groups is 1. The molecule has 0 aliphatic rings. The molecule has 0 aromatic heterocycles. The van der Waals surface area contributed by atoms with Crippen LogP contribution in [0.4, 0.5) is 0 Å². The molecule has 2 N–H and O–H groups in total. The number of hydrogen-bond donors (Lipinski definition) is 2. The summed E-state index contributed by atoms with van der Waals surface area (Å²) in [6, 6.07) is 6.33. The number of phenols is 1. The minimum absolute atomic E-state index is 0.152. The molecule has 0 spiro atoms. The van der Waals surface area contributed by atoms with Gasteiger partial charge in [0.05, 0.1) is 6.61 Å². The van der Waals surface area contributed by atoms with Crippen molar-refractivity contribution in [2.45, 2.75) is 25.9 Å². The summed E-state index contributed by atoms with van der Waals surface area (Å²) in [6.07, 6.45) is 0.159. The monoisotopic (exact) mass is 224 g/mol. The molecule has 0 bridgehead atoms. The van der Waals surface area contributed by atoms with Crippen molar-refractivity contribution < 1.29 is 19.7 Å². The Bertz CT molecular complexity index is 354. The molecule has 0 amide bonds. The van der Waals surface area contributed by atoms with Gasteiger partial charge in [0, 0.05) is 6.42 Å². The number of esters is 1. The summed E-state index contributed by atoms with van der Waals surface area (Å²) >= 11 is 0. The van der Waals surface area contributed by atoms with Crippen molar-refractivity contribution >= 4 is 5.97 Å². The van der Waals surface area contributed by atoms with E-state index in [1.807, 2.05) is 0 Å². The van der Waals surface area contributed by atoms with Crippen LogP contribution < -0.4 is 0 Å². The molecule has 88 valence electrons. The quantitative estimate of drug-likeness (QED) is 0.755. The first kappa shape index (κ1) is 12.5. The van der Waals surface area contributed by atoms with Gasteiger partial charge >= 0.3 is 5.97 Å². The molecule has 0 fully saturated rings. The largest absolute Gasteiger partial charge is 0.508 e. The van der Waals surface area contributed by atoms with Gasteiger partial charge in [-0.25, -0.2) is 4.79 Å². The Morgan fingerprint density at radius 2 is 1.94 bits per heavy atom.